The minimum Gasteiger partial charge on any atom is -0.490 e. The van der Waals surface area contributed by atoms with Gasteiger partial charge in [-0.15, -0.1) is 0 Å². The predicted octanol–water partition coefficient (Wildman–Crippen LogP) is 1.09. The maximum atomic E-state index is 12.2. The Morgan fingerprint density at radius 1 is 1.26 bits per heavy atom. The maximum Gasteiger partial charge on any atom is 0.242 e. The maximum absolute atomic E-state index is 12.2. The van der Waals surface area contributed by atoms with E-state index in [2.05, 4.69) is 4.90 Å². The van der Waals surface area contributed by atoms with Crippen molar-refractivity contribution >= 4 is 17.3 Å². The number of benzene rings is 1. The number of amides is 1. The van der Waals surface area contributed by atoms with Gasteiger partial charge < -0.3 is 20.3 Å². The van der Waals surface area contributed by atoms with Gasteiger partial charge in [0.25, 0.3) is 0 Å². The number of nitrogens with zero attached hydrogens (tertiary/aromatic N) is 2. The number of likely N-dealkylation sites (tertiary alicyclic amines) is 1. The van der Waals surface area contributed by atoms with Crippen LogP contribution in [-0.4, -0.2) is 43.6 Å². The smallest absolute Gasteiger partial charge is 0.242 e. The number of carbonyl (C=O) groups excluding carboxylic acids is 1. The fourth-order valence-electron chi connectivity index (χ4n) is 2.68. The zero-order valence-corrected chi connectivity index (χ0v) is 11.0. The van der Waals surface area contributed by atoms with E-state index in [1.54, 1.807) is 0 Å². The lowest BCUT2D eigenvalue weighted by molar-refractivity contribution is -0.128. The second-order valence-electron chi connectivity index (χ2n) is 5.09. The molecule has 19 heavy (non-hydrogen) atoms. The number of carbonyl (C=O) groups is 1. The van der Waals surface area contributed by atoms with E-state index in [4.69, 9.17) is 10.5 Å². The summed E-state index contributed by atoms with van der Waals surface area (Å²) < 4.78 is 5.59. The highest BCUT2D eigenvalue weighted by Crippen LogP contribution is 2.33. The molecule has 5 heteroatoms. The van der Waals surface area contributed by atoms with Crippen LogP contribution < -0.4 is 15.4 Å². The molecular weight excluding hydrogens is 242 g/mol. The normalized spacial score (nSPS) is 18.1. The van der Waals surface area contributed by atoms with Crippen molar-refractivity contribution in [3.8, 4) is 5.75 Å². The molecule has 2 aliphatic rings. The first-order valence-electron chi connectivity index (χ1n) is 6.79. The number of anilines is 2. The fraction of sp³-hybridized carbons (Fsp3) is 0.500. The van der Waals surface area contributed by atoms with Crippen molar-refractivity contribution in [2.75, 3.05) is 43.4 Å². The van der Waals surface area contributed by atoms with E-state index in [0.29, 0.717) is 18.8 Å². The molecule has 5 nitrogen and oxygen atoms in total. The van der Waals surface area contributed by atoms with Gasteiger partial charge in [0.05, 0.1) is 18.8 Å². The predicted molar refractivity (Wildman–Crippen MR) is 74.4 cm³/mol. The number of nitrogen functional groups attached to an aromatic ring is 1. The van der Waals surface area contributed by atoms with Gasteiger partial charge >= 0.3 is 0 Å². The summed E-state index contributed by atoms with van der Waals surface area (Å²) >= 11 is 0. The Bertz CT molecular complexity index is 484. The first kappa shape index (κ1) is 12.1. The monoisotopic (exact) mass is 261 g/mol. The van der Waals surface area contributed by atoms with Crippen molar-refractivity contribution in [3.05, 3.63) is 18.2 Å². The number of hydrogen-bond acceptors (Lipinski definition) is 4. The number of nitrogens with two attached hydrogens (primary N) is 1. The van der Waals surface area contributed by atoms with Gasteiger partial charge in [0.1, 0.15) is 12.4 Å². The number of rotatable bonds is 2. The van der Waals surface area contributed by atoms with E-state index in [1.807, 2.05) is 23.1 Å². The Morgan fingerprint density at radius 2 is 2.05 bits per heavy atom. The van der Waals surface area contributed by atoms with Gasteiger partial charge in [-0.05, 0) is 31.0 Å². The molecule has 1 saturated heterocycles. The van der Waals surface area contributed by atoms with Crippen LogP contribution in [-0.2, 0) is 4.79 Å². The van der Waals surface area contributed by atoms with Gasteiger partial charge in [0.15, 0.2) is 0 Å². The van der Waals surface area contributed by atoms with Crippen molar-refractivity contribution < 1.29 is 9.53 Å². The molecule has 2 heterocycles. The topological polar surface area (TPSA) is 58.8 Å². The van der Waals surface area contributed by atoms with Crippen molar-refractivity contribution in [1.29, 1.82) is 0 Å². The number of fused-ring (bicyclic) bond motifs is 1. The van der Waals surface area contributed by atoms with Crippen LogP contribution >= 0.6 is 0 Å². The molecule has 0 aromatic heterocycles. The molecule has 3 rings (SSSR count). The van der Waals surface area contributed by atoms with E-state index in [9.17, 15) is 4.79 Å². The van der Waals surface area contributed by atoms with Gasteiger partial charge in [-0.25, -0.2) is 0 Å². The van der Waals surface area contributed by atoms with Gasteiger partial charge in [0, 0.05) is 18.8 Å². The van der Waals surface area contributed by atoms with Crippen LogP contribution in [0.4, 0.5) is 11.4 Å². The lowest BCUT2D eigenvalue weighted by Gasteiger charge is -2.32. The fourth-order valence-corrected chi connectivity index (χ4v) is 2.68. The molecule has 102 valence electrons. The molecule has 1 aromatic carbocycles. The van der Waals surface area contributed by atoms with Crippen LogP contribution in [0.25, 0.3) is 0 Å². The average Bonchev–Trinajstić information content (AvgIpc) is 2.93. The van der Waals surface area contributed by atoms with Crippen LogP contribution in [0.2, 0.25) is 0 Å². The zero-order chi connectivity index (χ0) is 13.2. The summed E-state index contributed by atoms with van der Waals surface area (Å²) in [7, 11) is 0. The molecule has 0 bridgehead atoms. The summed E-state index contributed by atoms with van der Waals surface area (Å²) in [6.07, 6.45) is 2.25. The molecule has 1 fully saturated rings. The van der Waals surface area contributed by atoms with Gasteiger partial charge in [-0.1, -0.05) is 0 Å². The summed E-state index contributed by atoms with van der Waals surface area (Å²) in [4.78, 5) is 16.2. The molecule has 1 amide bonds. The second kappa shape index (κ2) is 4.99. The molecule has 0 saturated carbocycles. The minimum absolute atomic E-state index is 0.202. The van der Waals surface area contributed by atoms with Crippen molar-refractivity contribution in [2.24, 2.45) is 0 Å². The largest absolute Gasteiger partial charge is 0.490 e. The molecule has 0 spiro atoms. The van der Waals surface area contributed by atoms with E-state index in [0.717, 1.165) is 43.9 Å². The molecule has 2 aliphatic heterocycles. The van der Waals surface area contributed by atoms with E-state index in [1.165, 1.54) is 0 Å². The van der Waals surface area contributed by atoms with Gasteiger partial charge in [-0.2, -0.15) is 0 Å². The quantitative estimate of drug-likeness (QED) is 0.810. The Hall–Kier alpha value is -1.91. The Balaban J connectivity index is 1.75. The zero-order valence-electron chi connectivity index (χ0n) is 11.0. The van der Waals surface area contributed by atoms with Crippen molar-refractivity contribution in [3.63, 3.8) is 0 Å². The van der Waals surface area contributed by atoms with Crippen LogP contribution in [0, 0.1) is 0 Å². The highest BCUT2D eigenvalue weighted by molar-refractivity contribution is 5.83. The SMILES string of the molecule is Nc1ccc2c(c1)N(CC(=O)N1CCCC1)CCO2. The summed E-state index contributed by atoms with van der Waals surface area (Å²) in [5.41, 5.74) is 7.45. The number of ether oxygens (including phenoxy) is 1. The summed E-state index contributed by atoms with van der Waals surface area (Å²) in [6.45, 7) is 3.56. The third-order valence-corrected chi connectivity index (χ3v) is 3.73. The average molecular weight is 261 g/mol. The molecule has 1 aromatic rings. The van der Waals surface area contributed by atoms with Crippen LogP contribution in [0.5, 0.6) is 5.75 Å². The van der Waals surface area contributed by atoms with Crippen LogP contribution in [0.3, 0.4) is 0 Å². The molecule has 2 N–H and O–H groups in total. The minimum atomic E-state index is 0.202. The molecule has 0 radical (unpaired) electrons. The lowest BCUT2D eigenvalue weighted by atomic mass is 10.2. The van der Waals surface area contributed by atoms with Gasteiger partial charge in [0.2, 0.25) is 5.91 Å². The highest BCUT2D eigenvalue weighted by Gasteiger charge is 2.24. The summed E-state index contributed by atoms with van der Waals surface area (Å²) in [5, 5.41) is 0. The van der Waals surface area contributed by atoms with Crippen LogP contribution in [0.15, 0.2) is 18.2 Å². The molecule has 0 atom stereocenters. The second-order valence-corrected chi connectivity index (χ2v) is 5.09. The highest BCUT2D eigenvalue weighted by atomic mass is 16.5. The molecule has 0 aliphatic carbocycles. The Morgan fingerprint density at radius 3 is 2.84 bits per heavy atom. The lowest BCUT2D eigenvalue weighted by Crippen LogP contribution is -2.42. The molecular formula is C14H19N3O2. The first-order valence-corrected chi connectivity index (χ1v) is 6.79. The summed E-state index contributed by atoms with van der Waals surface area (Å²) in [6, 6.07) is 5.58. The standard InChI is InChI=1S/C14H19N3O2/c15-11-3-4-13-12(9-11)17(7-8-19-13)10-14(18)16-5-1-2-6-16/h3-4,9H,1-2,5-8,10,15H2. The van der Waals surface area contributed by atoms with E-state index >= 15 is 0 Å². The first-order chi connectivity index (χ1) is 9.24. The number of hydrogen-bond donors (Lipinski definition) is 1. The Labute approximate surface area is 112 Å². The van der Waals surface area contributed by atoms with E-state index in [-0.39, 0.29) is 5.91 Å². The van der Waals surface area contributed by atoms with E-state index < -0.39 is 0 Å². The third kappa shape index (κ3) is 2.45. The van der Waals surface area contributed by atoms with Crippen molar-refractivity contribution in [2.45, 2.75) is 12.8 Å². The van der Waals surface area contributed by atoms with Crippen LogP contribution in [0.1, 0.15) is 12.8 Å². The summed E-state index contributed by atoms with van der Waals surface area (Å²) in [5.74, 6) is 1.02. The third-order valence-electron chi connectivity index (χ3n) is 3.73. The molecule has 0 unspecified atom stereocenters. The Kier molecular flexibility index (Phi) is 3.19. The van der Waals surface area contributed by atoms with Crippen molar-refractivity contribution in [1.82, 2.24) is 4.90 Å². The van der Waals surface area contributed by atoms with Gasteiger partial charge in [-0.3, -0.25) is 4.79 Å².